The number of Topliss-reactive ketones (excluding diaryl/α,β-unsaturated/α-hetero) is 2. The van der Waals surface area contributed by atoms with Gasteiger partial charge in [-0.2, -0.15) is 0 Å². The zero-order valence-corrected chi connectivity index (χ0v) is 24.7. The summed E-state index contributed by atoms with van der Waals surface area (Å²) >= 11 is 10.9. The minimum absolute atomic E-state index is 0.236. The Bertz CT molecular complexity index is 1130. The number of carbonyl (C=O) groups is 2. The number of ether oxygens (including phenoxy) is 4. The van der Waals surface area contributed by atoms with E-state index in [0.717, 1.165) is 22.3 Å². The van der Waals surface area contributed by atoms with Crippen molar-refractivity contribution in [1.29, 1.82) is 0 Å². The number of benzene rings is 2. The smallest absolute Gasteiger partial charge is 0.166 e. The van der Waals surface area contributed by atoms with E-state index in [0.29, 0.717) is 60.4 Å². The number of rotatable bonds is 16. The van der Waals surface area contributed by atoms with E-state index in [1.165, 1.54) is 0 Å². The van der Waals surface area contributed by atoms with E-state index in [9.17, 15) is 9.59 Å². The summed E-state index contributed by atoms with van der Waals surface area (Å²) in [5, 5.41) is 0. The average Bonchev–Trinajstić information content (AvgIpc) is 2.95. The maximum atomic E-state index is 13.1. The lowest BCUT2D eigenvalue weighted by molar-refractivity contribution is -0.122. The van der Waals surface area contributed by atoms with Gasteiger partial charge in [0.05, 0.1) is 20.6 Å². The Hall–Kier alpha value is -3.04. The molecule has 0 heterocycles. The van der Waals surface area contributed by atoms with Crippen molar-refractivity contribution in [3.63, 3.8) is 0 Å². The predicted octanol–water partition coefficient (Wildman–Crippen LogP) is 5.76. The molecule has 0 radical (unpaired) electrons. The van der Waals surface area contributed by atoms with Gasteiger partial charge in [0.25, 0.3) is 0 Å². The Kier molecular flexibility index (Phi) is 13.3. The Balaban J connectivity index is 2.20. The summed E-state index contributed by atoms with van der Waals surface area (Å²) < 4.78 is 22.2. The molecule has 0 saturated carbocycles. The Morgan fingerprint density at radius 2 is 1.05 bits per heavy atom. The maximum Gasteiger partial charge on any atom is 0.166 e. The van der Waals surface area contributed by atoms with Crippen LogP contribution in [0, 0.1) is 0 Å². The van der Waals surface area contributed by atoms with Crippen molar-refractivity contribution in [1.82, 2.24) is 9.67 Å². The quantitative estimate of drug-likeness (QED) is 0.112. The van der Waals surface area contributed by atoms with Crippen molar-refractivity contribution in [3.8, 4) is 23.0 Å². The van der Waals surface area contributed by atoms with Crippen molar-refractivity contribution in [2.24, 2.45) is 0 Å². The predicted molar refractivity (Wildman–Crippen MR) is 156 cm³/mol. The fourth-order valence-corrected chi connectivity index (χ4v) is 3.86. The first-order valence-corrected chi connectivity index (χ1v) is 13.1. The third-order valence-corrected chi connectivity index (χ3v) is 6.76. The molecule has 10 heteroatoms. The van der Waals surface area contributed by atoms with E-state index in [1.807, 2.05) is 26.0 Å². The van der Waals surface area contributed by atoms with Crippen LogP contribution in [0.2, 0.25) is 0 Å². The largest absolute Gasteiger partial charge is 0.493 e. The zero-order valence-electron chi connectivity index (χ0n) is 23.2. The van der Waals surface area contributed by atoms with Gasteiger partial charge >= 0.3 is 0 Å². The molecule has 0 saturated heterocycles. The van der Waals surface area contributed by atoms with Gasteiger partial charge < -0.3 is 18.9 Å². The number of ketones is 2. The Labute approximate surface area is 240 Å². The molecule has 0 spiro atoms. The highest BCUT2D eigenvalue weighted by Crippen LogP contribution is 2.33. The number of allylic oxidation sites excluding steroid dienone is 4. The Morgan fingerprint density at radius 1 is 0.667 bits per heavy atom. The lowest BCUT2D eigenvalue weighted by Crippen LogP contribution is -2.12. The molecule has 0 aromatic heterocycles. The van der Waals surface area contributed by atoms with Crippen LogP contribution in [0.5, 0.6) is 23.0 Å². The van der Waals surface area contributed by atoms with Crippen molar-refractivity contribution in [2.45, 2.75) is 34.1 Å². The third kappa shape index (κ3) is 9.00. The molecule has 0 atom stereocenters. The molecule has 39 heavy (non-hydrogen) atoms. The minimum Gasteiger partial charge on any atom is -0.493 e. The summed E-state index contributed by atoms with van der Waals surface area (Å²) in [5.74, 6) is 1.72. The van der Waals surface area contributed by atoms with Crippen LogP contribution in [-0.2, 0) is 9.59 Å². The maximum absolute atomic E-state index is 13.1. The molecule has 0 unspecified atom stereocenters. The molecular formula is C29H36Cl2N2O6. The lowest BCUT2D eigenvalue weighted by Gasteiger charge is -2.14. The van der Waals surface area contributed by atoms with E-state index < -0.39 is 0 Å². The molecule has 0 fully saturated rings. The molecule has 2 rings (SSSR count). The third-order valence-electron chi connectivity index (χ3n) is 6.38. The van der Waals surface area contributed by atoms with Gasteiger partial charge in [-0.1, -0.05) is 12.1 Å². The SMILES string of the molecule is COc1cc(/C(C)=C(\C)C(=O)CC(=O)/C(C)=C(\C)c2ccc(OCCNCl)c(OC)c2)ccc1OCCNCl. The molecule has 0 aliphatic rings. The highest BCUT2D eigenvalue weighted by molar-refractivity contribution is 6.17. The van der Waals surface area contributed by atoms with Crippen LogP contribution in [0.3, 0.4) is 0 Å². The fraction of sp³-hybridized carbons (Fsp3) is 0.379. The van der Waals surface area contributed by atoms with Crippen LogP contribution in [0.4, 0.5) is 0 Å². The molecule has 2 N–H and O–H groups in total. The normalized spacial score (nSPS) is 12.3. The summed E-state index contributed by atoms with van der Waals surface area (Å²) in [5.41, 5.74) is 4.11. The van der Waals surface area contributed by atoms with Crippen LogP contribution in [0.15, 0.2) is 47.5 Å². The van der Waals surface area contributed by atoms with Crippen molar-refractivity contribution in [3.05, 3.63) is 58.7 Å². The fourth-order valence-electron chi connectivity index (χ4n) is 3.70. The van der Waals surface area contributed by atoms with E-state index in [1.54, 1.807) is 52.3 Å². The molecule has 0 aliphatic carbocycles. The van der Waals surface area contributed by atoms with Gasteiger partial charge in [0, 0.05) is 13.1 Å². The molecule has 0 aliphatic heterocycles. The topological polar surface area (TPSA) is 95.1 Å². The van der Waals surface area contributed by atoms with E-state index in [-0.39, 0.29) is 18.0 Å². The van der Waals surface area contributed by atoms with Crippen molar-refractivity contribution < 1.29 is 28.5 Å². The van der Waals surface area contributed by atoms with E-state index >= 15 is 0 Å². The molecular weight excluding hydrogens is 543 g/mol. The highest BCUT2D eigenvalue weighted by atomic mass is 35.5. The number of nitrogens with one attached hydrogen (secondary N) is 2. The second-order valence-corrected chi connectivity index (χ2v) is 9.25. The summed E-state index contributed by atoms with van der Waals surface area (Å²) in [6.07, 6.45) is -0.236. The zero-order chi connectivity index (χ0) is 28.9. The first kappa shape index (κ1) is 32.2. The van der Waals surface area contributed by atoms with E-state index in [4.69, 9.17) is 42.5 Å². The van der Waals surface area contributed by atoms with Crippen LogP contribution in [0.25, 0.3) is 11.1 Å². The molecule has 212 valence electrons. The summed E-state index contributed by atoms with van der Waals surface area (Å²) in [6.45, 7) is 8.83. The van der Waals surface area contributed by atoms with Gasteiger partial charge in [0.15, 0.2) is 34.6 Å². The van der Waals surface area contributed by atoms with Crippen molar-refractivity contribution >= 4 is 46.3 Å². The molecule has 0 amide bonds. The van der Waals surface area contributed by atoms with Gasteiger partial charge in [-0.3, -0.25) is 9.59 Å². The monoisotopic (exact) mass is 578 g/mol. The number of hydrogen-bond acceptors (Lipinski definition) is 8. The first-order chi connectivity index (χ1) is 18.7. The van der Waals surface area contributed by atoms with Gasteiger partial charge in [0.2, 0.25) is 0 Å². The summed E-state index contributed by atoms with van der Waals surface area (Å²) in [4.78, 5) is 31.1. The number of carbonyl (C=O) groups excluding carboxylic acids is 2. The molecule has 0 bridgehead atoms. The highest BCUT2D eigenvalue weighted by Gasteiger charge is 2.18. The van der Waals surface area contributed by atoms with E-state index in [2.05, 4.69) is 9.67 Å². The number of methoxy groups -OCH3 is 2. The number of halogens is 2. The molecule has 2 aromatic carbocycles. The number of hydrogen-bond donors (Lipinski definition) is 2. The summed E-state index contributed by atoms with van der Waals surface area (Å²) in [7, 11) is 3.10. The van der Waals surface area contributed by atoms with Gasteiger partial charge in [0.1, 0.15) is 13.2 Å². The lowest BCUT2D eigenvalue weighted by atomic mass is 9.93. The molecule has 2 aromatic rings. The van der Waals surface area contributed by atoms with Crippen LogP contribution in [0.1, 0.15) is 45.2 Å². The second kappa shape index (κ2) is 16.2. The summed E-state index contributed by atoms with van der Waals surface area (Å²) in [6, 6.07) is 10.9. The van der Waals surface area contributed by atoms with Crippen LogP contribution in [-0.4, -0.2) is 52.1 Å². The molecule has 8 nitrogen and oxygen atoms in total. The minimum atomic E-state index is -0.244. The van der Waals surface area contributed by atoms with Crippen LogP contribution >= 0.6 is 23.6 Å². The second-order valence-electron chi connectivity index (χ2n) is 8.72. The van der Waals surface area contributed by atoms with Crippen molar-refractivity contribution in [2.75, 3.05) is 40.5 Å². The average molecular weight is 580 g/mol. The Morgan fingerprint density at radius 3 is 1.38 bits per heavy atom. The standard InChI is InChI=1S/C29H36Cl2N2O6/c1-18(22-7-9-26(28(15-22)36-5)38-13-11-32-30)20(3)24(34)17-25(35)21(4)19(2)23-8-10-27(29(16-23)37-6)39-14-12-33-31/h7-10,15-16,32-33H,11-14,17H2,1-6H3/b20-18+,21-19+. The van der Waals surface area contributed by atoms with Crippen LogP contribution < -0.4 is 28.6 Å². The first-order valence-electron chi connectivity index (χ1n) is 12.4. The van der Waals surface area contributed by atoms with Gasteiger partial charge in [-0.05, 0) is 109 Å². The van der Waals surface area contributed by atoms with Gasteiger partial charge in [-0.25, -0.2) is 9.67 Å². The van der Waals surface area contributed by atoms with Gasteiger partial charge in [-0.15, -0.1) is 0 Å².